The van der Waals surface area contributed by atoms with Crippen molar-refractivity contribution in [3.05, 3.63) is 23.8 Å². The molecule has 98 valence electrons. The molecule has 5 heteroatoms. The Morgan fingerprint density at radius 1 is 1.50 bits per heavy atom. The summed E-state index contributed by atoms with van der Waals surface area (Å²) in [5.74, 6) is 0.231. The van der Waals surface area contributed by atoms with E-state index >= 15 is 0 Å². The molecule has 2 rings (SSSR count). The quantitative estimate of drug-likeness (QED) is 0.836. The van der Waals surface area contributed by atoms with Gasteiger partial charge in [-0.15, -0.1) is 0 Å². The van der Waals surface area contributed by atoms with Crippen LogP contribution >= 0.6 is 0 Å². The van der Waals surface area contributed by atoms with Crippen LogP contribution in [0.2, 0.25) is 0 Å². The van der Waals surface area contributed by atoms with Crippen LogP contribution in [0.15, 0.2) is 18.2 Å². The Labute approximate surface area is 106 Å². The van der Waals surface area contributed by atoms with Gasteiger partial charge in [0.15, 0.2) is 0 Å². The molecule has 0 aliphatic carbocycles. The van der Waals surface area contributed by atoms with E-state index in [9.17, 15) is 4.79 Å². The summed E-state index contributed by atoms with van der Waals surface area (Å²) in [4.78, 5) is 12.1. The lowest BCUT2D eigenvalue weighted by Gasteiger charge is -2.15. The predicted molar refractivity (Wildman–Crippen MR) is 68.6 cm³/mol. The summed E-state index contributed by atoms with van der Waals surface area (Å²) in [5.41, 5.74) is 7.55. The second-order valence-corrected chi connectivity index (χ2v) is 4.50. The van der Waals surface area contributed by atoms with Crippen LogP contribution in [-0.4, -0.2) is 32.3 Å². The van der Waals surface area contributed by atoms with Crippen LogP contribution in [0.4, 0.5) is 5.69 Å². The zero-order chi connectivity index (χ0) is 13.1. The minimum absolute atomic E-state index is 0.123. The van der Waals surface area contributed by atoms with Crippen LogP contribution in [0.5, 0.6) is 5.75 Å². The fraction of sp³-hybridized carbons (Fsp3) is 0.462. The number of anilines is 1. The number of rotatable bonds is 3. The van der Waals surface area contributed by atoms with E-state index in [1.807, 2.05) is 25.1 Å². The number of carbonyl (C=O) groups excluding carboxylic acids is 1. The minimum Gasteiger partial charge on any atom is -0.495 e. The normalized spacial score (nSPS) is 22.8. The highest BCUT2D eigenvalue weighted by Gasteiger charge is 2.31. The molecule has 1 aliphatic heterocycles. The molecule has 2 unspecified atom stereocenters. The number of methoxy groups -OCH3 is 1. The topological polar surface area (TPSA) is 73.6 Å². The van der Waals surface area contributed by atoms with Gasteiger partial charge in [-0.05, 0) is 24.6 Å². The SMILES string of the molecule is COc1cc(C)ccc1NC(=O)C1COCC1N. The van der Waals surface area contributed by atoms with Crippen LogP contribution in [0.3, 0.4) is 0 Å². The second kappa shape index (κ2) is 5.37. The van der Waals surface area contributed by atoms with Crippen molar-refractivity contribution in [1.82, 2.24) is 0 Å². The van der Waals surface area contributed by atoms with Crippen LogP contribution in [0.25, 0.3) is 0 Å². The summed E-state index contributed by atoms with van der Waals surface area (Å²) >= 11 is 0. The van der Waals surface area contributed by atoms with Crippen molar-refractivity contribution in [2.75, 3.05) is 25.6 Å². The lowest BCUT2D eigenvalue weighted by Crippen LogP contribution is -2.37. The fourth-order valence-corrected chi connectivity index (χ4v) is 1.97. The maximum Gasteiger partial charge on any atom is 0.231 e. The number of hydrogen-bond donors (Lipinski definition) is 2. The number of hydrogen-bond acceptors (Lipinski definition) is 4. The summed E-state index contributed by atoms with van der Waals surface area (Å²) in [5, 5.41) is 2.84. The van der Waals surface area contributed by atoms with E-state index in [2.05, 4.69) is 5.32 Å². The summed E-state index contributed by atoms with van der Waals surface area (Å²) in [7, 11) is 1.58. The Morgan fingerprint density at radius 2 is 2.28 bits per heavy atom. The standard InChI is InChI=1S/C13H18N2O3/c1-8-3-4-11(12(5-8)17-2)15-13(16)9-6-18-7-10(9)14/h3-5,9-10H,6-7,14H2,1-2H3,(H,15,16). The number of amides is 1. The van der Waals surface area contributed by atoms with E-state index in [0.29, 0.717) is 24.7 Å². The smallest absolute Gasteiger partial charge is 0.231 e. The van der Waals surface area contributed by atoms with Crippen molar-refractivity contribution < 1.29 is 14.3 Å². The van der Waals surface area contributed by atoms with Gasteiger partial charge in [0, 0.05) is 6.04 Å². The summed E-state index contributed by atoms with van der Waals surface area (Å²) < 4.78 is 10.4. The van der Waals surface area contributed by atoms with Crippen molar-refractivity contribution >= 4 is 11.6 Å². The maximum absolute atomic E-state index is 12.1. The molecular formula is C13H18N2O3. The molecule has 5 nitrogen and oxygen atoms in total. The molecule has 18 heavy (non-hydrogen) atoms. The highest BCUT2D eigenvalue weighted by atomic mass is 16.5. The van der Waals surface area contributed by atoms with Gasteiger partial charge < -0.3 is 20.5 Å². The van der Waals surface area contributed by atoms with E-state index in [4.69, 9.17) is 15.2 Å². The number of nitrogens with one attached hydrogen (secondary N) is 1. The van der Waals surface area contributed by atoms with Gasteiger partial charge in [-0.1, -0.05) is 6.07 Å². The van der Waals surface area contributed by atoms with Gasteiger partial charge in [0.25, 0.3) is 0 Å². The van der Waals surface area contributed by atoms with Crippen molar-refractivity contribution in [3.8, 4) is 5.75 Å². The lowest BCUT2D eigenvalue weighted by atomic mass is 10.0. The Balaban J connectivity index is 2.11. The molecule has 0 radical (unpaired) electrons. The van der Waals surface area contributed by atoms with Gasteiger partial charge in [-0.25, -0.2) is 0 Å². The molecule has 1 aromatic rings. The van der Waals surface area contributed by atoms with Gasteiger partial charge >= 0.3 is 0 Å². The Kier molecular flexibility index (Phi) is 3.84. The Bertz CT molecular complexity index is 448. The molecule has 1 heterocycles. The first-order valence-electron chi connectivity index (χ1n) is 5.90. The zero-order valence-electron chi connectivity index (χ0n) is 10.6. The van der Waals surface area contributed by atoms with Gasteiger partial charge in [0.05, 0.1) is 31.9 Å². The molecule has 0 bridgehead atoms. The average molecular weight is 250 g/mol. The molecule has 1 aliphatic rings. The average Bonchev–Trinajstić information content (AvgIpc) is 2.77. The third-order valence-corrected chi connectivity index (χ3v) is 3.08. The third-order valence-electron chi connectivity index (χ3n) is 3.08. The van der Waals surface area contributed by atoms with E-state index in [1.165, 1.54) is 0 Å². The van der Waals surface area contributed by atoms with Gasteiger partial charge in [-0.2, -0.15) is 0 Å². The molecular weight excluding hydrogens is 232 g/mol. The molecule has 0 aromatic heterocycles. The first-order chi connectivity index (χ1) is 8.61. The van der Waals surface area contributed by atoms with Gasteiger partial charge in [-0.3, -0.25) is 4.79 Å². The highest BCUT2D eigenvalue weighted by molar-refractivity contribution is 5.94. The van der Waals surface area contributed by atoms with Gasteiger partial charge in [0.2, 0.25) is 5.91 Å². The summed E-state index contributed by atoms with van der Waals surface area (Å²) in [6.45, 7) is 2.78. The largest absolute Gasteiger partial charge is 0.495 e. The molecule has 1 aromatic carbocycles. The number of aryl methyl sites for hydroxylation is 1. The molecule has 2 atom stereocenters. The monoisotopic (exact) mass is 250 g/mol. The first-order valence-corrected chi connectivity index (χ1v) is 5.90. The third kappa shape index (κ3) is 2.63. The molecule has 1 saturated heterocycles. The summed E-state index contributed by atoms with van der Waals surface area (Å²) in [6, 6.07) is 5.39. The van der Waals surface area contributed by atoms with Crippen LogP contribution in [-0.2, 0) is 9.53 Å². The molecule has 1 amide bonds. The molecule has 1 fully saturated rings. The van der Waals surface area contributed by atoms with Crippen molar-refractivity contribution in [3.63, 3.8) is 0 Å². The number of carbonyl (C=O) groups is 1. The van der Waals surface area contributed by atoms with E-state index in [-0.39, 0.29) is 17.9 Å². The van der Waals surface area contributed by atoms with E-state index in [0.717, 1.165) is 5.56 Å². The number of ether oxygens (including phenoxy) is 2. The minimum atomic E-state index is -0.295. The zero-order valence-corrected chi connectivity index (χ0v) is 10.6. The highest BCUT2D eigenvalue weighted by Crippen LogP contribution is 2.26. The predicted octanol–water partition coefficient (Wildman–Crippen LogP) is 0.916. The van der Waals surface area contributed by atoms with Crippen LogP contribution in [0.1, 0.15) is 5.56 Å². The maximum atomic E-state index is 12.1. The Morgan fingerprint density at radius 3 is 2.89 bits per heavy atom. The lowest BCUT2D eigenvalue weighted by molar-refractivity contribution is -0.120. The molecule has 0 saturated carbocycles. The van der Waals surface area contributed by atoms with Crippen molar-refractivity contribution in [2.45, 2.75) is 13.0 Å². The second-order valence-electron chi connectivity index (χ2n) is 4.50. The number of nitrogens with two attached hydrogens (primary N) is 1. The fourth-order valence-electron chi connectivity index (χ4n) is 1.97. The Hall–Kier alpha value is -1.59. The summed E-state index contributed by atoms with van der Waals surface area (Å²) in [6.07, 6.45) is 0. The number of benzene rings is 1. The molecule has 3 N–H and O–H groups in total. The van der Waals surface area contributed by atoms with E-state index in [1.54, 1.807) is 7.11 Å². The van der Waals surface area contributed by atoms with Crippen LogP contribution in [0, 0.1) is 12.8 Å². The molecule has 0 spiro atoms. The van der Waals surface area contributed by atoms with Gasteiger partial charge in [0.1, 0.15) is 5.75 Å². The van der Waals surface area contributed by atoms with Crippen molar-refractivity contribution in [2.24, 2.45) is 11.7 Å². The first kappa shape index (κ1) is 12.9. The van der Waals surface area contributed by atoms with E-state index < -0.39 is 0 Å². The van der Waals surface area contributed by atoms with Crippen LogP contribution < -0.4 is 15.8 Å². The van der Waals surface area contributed by atoms with Crippen molar-refractivity contribution in [1.29, 1.82) is 0 Å².